The van der Waals surface area contributed by atoms with Gasteiger partial charge in [-0.25, -0.2) is 13.2 Å². The average Bonchev–Trinajstić information content (AvgIpc) is 1.82. The summed E-state index contributed by atoms with van der Waals surface area (Å²) in [7, 11) is 0. The SMILES string of the molecule is CC(C)C(N)C(F)=CC(C)(F)F. The van der Waals surface area contributed by atoms with Crippen LogP contribution in [0, 0.1) is 5.92 Å². The number of hydrogen-bond donors (Lipinski definition) is 1. The first kappa shape index (κ1) is 11.5. The number of nitrogens with two attached hydrogens (primary N) is 1. The molecule has 1 atom stereocenters. The molecule has 0 aliphatic heterocycles. The number of alkyl halides is 2. The molecule has 0 rings (SSSR count). The fourth-order valence-electron chi connectivity index (χ4n) is 0.657. The highest BCUT2D eigenvalue weighted by Gasteiger charge is 2.22. The zero-order valence-electron chi connectivity index (χ0n) is 7.44. The zero-order valence-corrected chi connectivity index (χ0v) is 7.44. The Morgan fingerprint density at radius 2 is 1.83 bits per heavy atom. The van der Waals surface area contributed by atoms with Crippen molar-refractivity contribution < 1.29 is 13.2 Å². The number of hydrogen-bond acceptors (Lipinski definition) is 1. The second-order valence-electron chi connectivity index (χ2n) is 3.26. The number of halogens is 3. The standard InChI is InChI=1S/C8H14F3N/c1-5(2)7(12)6(9)4-8(3,10)11/h4-5,7H,12H2,1-3H3. The van der Waals surface area contributed by atoms with E-state index >= 15 is 0 Å². The van der Waals surface area contributed by atoms with Crippen LogP contribution in [0.2, 0.25) is 0 Å². The maximum atomic E-state index is 12.8. The van der Waals surface area contributed by atoms with E-state index in [9.17, 15) is 13.2 Å². The molecule has 1 unspecified atom stereocenters. The fraction of sp³-hybridized carbons (Fsp3) is 0.750. The Morgan fingerprint density at radius 3 is 2.08 bits per heavy atom. The van der Waals surface area contributed by atoms with Crippen LogP contribution in [0.3, 0.4) is 0 Å². The Kier molecular flexibility index (Phi) is 3.77. The van der Waals surface area contributed by atoms with E-state index in [1.165, 1.54) is 0 Å². The third kappa shape index (κ3) is 4.38. The third-order valence-electron chi connectivity index (χ3n) is 1.43. The maximum absolute atomic E-state index is 12.8. The molecule has 4 heteroatoms. The molecule has 0 spiro atoms. The van der Waals surface area contributed by atoms with Gasteiger partial charge in [0.1, 0.15) is 5.83 Å². The Balaban J connectivity index is 4.38. The summed E-state index contributed by atoms with van der Waals surface area (Å²) in [5.74, 6) is -4.25. The van der Waals surface area contributed by atoms with E-state index in [1.54, 1.807) is 13.8 Å². The summed E-state index contributed by atoms with van der Waals surface area (Å²) in [5, 5.41) is 0. The highest BCUT2D eigenvalue weighted by molar-refractivity contribution is 5.06. The van der Waals surface area contributed by atoms with Crippen LogP contribution in [0.1, 0.15) is 20.8 Å². The summed E-state index contributed by atoms with van der Waals surface area (Å²) >= 11 is 0. The van der Waals surface area contributed by atoms with Crippen LogP contribution < -0.4 is 5.73 Å². The van der Waals surface area contributed by atoms with Gasteiger partial charge in [-0.3, -0.25) is 0 Å². The molecule has 0 heterocycles. The predicted octanol–water partition coefficient (Wildman–Crippen LogP) is 2.48. The van der Waals surface area contributed by atoms with E-state index in [0.29, 0.717) is 6.92 Å². The van der Waals surface area contributed by atoms with Crippen LogP contribution in [-0.4, -0.2) is 12.0 Å². The molecule has 12 heavy (non-hydrogen) atoms. The highest BCUT2D eigenvalue weighted by atomic mass is 19.3. The Bertz CT molecular complexity index is 170. The van der Waals surface area contributed by atoms with Gasteiger partial charge in [0.05, 0.1) is 6.04 Å². The molecule has 0 aliphatic carbocycles. The molecule has 0 bridgehead atoms. The van der Waals surface area contributed by atoms with Crippen LogP contribution >= 0.6 is 0 Å². The first-order chi connectivity index (χ1) is 5.24. The molecule has 0 amide bonds. The average molecular weight is 181 g/mol. The van der Waals surface area contributed by atoms with Crippen molar-refractivity contribution in [2.24, 2.45) is 11.7 Å². The van der Waals surface area contributed by atoms with E-state index in [1.807, 2.05) is 0 Å². The highest BCUT2D eigenvalue weighted by Crippen LogP contribution is 2.20. The topological polar surface area (TPSA) is 26.0 Å². The van der Waals surface area contributed by atoms with Crippen LogP contribution in [-0.2, 0) is 0 Å². The van der Waals surface area contributed by atoms with Crippen molar-refractivity contribution >= 4 is 0 Å². The summed E-state index contributed by atoms with van der Waals surface area (Å²) in [6, 6.07) is -0.934. The lowest BCUT2D eigenvalue weighted by atomic mass is 10.0. The molecule has 0 aromatic rings. The second kappa shape index (κ2) is 3.94. The first-order valence-electron chi connectivity index (χ1n) is 3.75. The summed E-state index contributed by atoms with van der Waals surface area (Å²) in [5.41, 5.74) is 5.29. The summed E-state index contributed by atoms with van der Waals surface area (Å²) in [4.78, 5) is 0. The predicted molar refractivity (Wildman–Crippen MR) is 42.6 cm³/mol. The molecule has 0 radical (unpaired) electrons. The number of allylic oxidation sites excluding steroid dienone is 1. The molecule has 0 saturated heterocycles. The fourth-order valence-corrected chi connectivity index (χ4v) is 0.657. The minimum atomic E-state index is -3.13. The van der Waals surface area contributed by atoms with Gasteiger partial charge in [0.15, 0.2) is 0 Å². The van der Waals surface area contributed by atoms with Crippen molar-refractivity contribution in [1.29, 1.82) is 0 Å². The lowest BCUT2D eigenvalue weighted by Crippen LogP contribution is -2.28. The molecule has 2 N–H and O–H groups in total. The van der Waals surface area contributed by atoms with E-state index < -0.39 is 17.8 Å². The summed E-state index contributed by atoms with van der Waals surface area (Å²) in [6.07, 6.45) is 0.262. The third-order valence-corrected chi connectivity index (χ3v) is 1.43. The van der Waals surface area contributed by atoms with Crippen molar-refractivity contribution in [2.75, 3.05) is 0 Å². The molecule has 0 saturated carbocycles. The largest absolute Gasteiger partial charge is 0.322 e. The van der Waals surface area contributed by atoms with Crippen molar-refractivity contribution in [1.82, 2.24) is 0 Å². The van der Waals surface area contributed by atoms with E-state index in [2.05, 4.69) is 0 Å². The van der Waals surface area contributed by atoms with Gasteiger partial charge < -0.3 is 5.73 Å². The smallest absolute Gasteiger partial charge is 0.266 e. The van der Waals surface area contributed by atoms with Crippen molar-refractivity contribution in [3.8, 4) is 0 Å². The van der Waals surface area contributed by atoms with Crippen LogP contribution in [0.5, 0.6) is 0 Å². The minimum absolute atomic E-state index is 0.177. The Labute approximate surface area is 70.4 Å². The Morgan fingerprint density at radius 1 is 1.42 bits per heavy atom. The van der Waals surface area contributed by atoms with Gasteiger partial charge >= 0.3 is 0 Å². The van der Waals surface area contributed by atoms with Gasteiger partial charge in [-0.05, 0) is 5.92 Å². The van der Waals surface area contributed by atoms with Gasteiger partial charge in [0, 0.05) is 13.0 Å². The van der Waals surface area contributed by atoms with Crippen molar-refractivity contribution in [3.63, 3.8) is 0 Å². The molecule has 0 fully saturated rings. The molecule has 0 aromatic heterocycles. The zero-order chi connectivity index (χ0) is 9.94. The first-order valence-corrected chi connectivity index (χ1v) is 3.75. The molecule has 1 nitrogen and oxygen atoms in total. The lowest BCUT2D eigenvalue weighted by molar-refractivity contribution is 0.0741. The quantitative estimate of drug-likeness (QED) is 0.711. The lowest BCUT2D eigenvalue weighted by Gasteiger charge is -2.14. The van der Waals surface area contributed by atoms with E-state index in [0.717, 1.165) is 0 Å². The summed E-state index contributed by atoms with van der Waals surface area (Å²) in [6.45, 7) is 3.97. The van der Waals surface area contributed by atoms with Gasteiger partial charge in [0.2, 0.25) is 0 Å². The van der Waals surface area contributed by atoms with Crippen molar-refractivity contribution in [2.45, 2.75) is 32.7 Å². The summed E-state index contributed by atoms with van der Waals surface area (Å²) < 4.78 is 37.2. The minimum Gasteiger partial charge on any atom is -0.322 e. The molecule has 0 aromatic carbocycles. The van der Waals surface area contributed by atoms with Gasteiger partial charge in [0.25, 0.3) is 5.92 Å². The molecule has 0 aliphatic rings. The normalized spacial score (nSPS) is 16.8. The van der Waals surface area contributed by atoms with E-state index in [-0.39, 0.29) is 12.0 Å². The van der Waals surface area contributed by atoms with Gasteiger partial charge in [-0.15, -0.1) is 0 Å². The molecular formula is C8H14F3N. The van der Waals surface area contributed by atoms with Crippen molar-refractivity contribution in [3.05, 3.63) is 11.9 Å². The molecular weight excluding hydrogens is 167 g/mol. The van der Waals surface area contributed by atoms with E-state index in [4.69, 9.17) is 5.73 Å². The molecule has 72 valence electrons. The monoisotopic (exact) mass is 181 g/mol. The van der Waals surface area contributed by atoms with Crippen LogP contribution in [0.15, 0.2) is 11.9 Å². The second-order valence-corrected chi connectivity index (χ2v) is 3.26. The van der Waals surface area contributed by atoms with Crippen LogP contribution in [0.25, 0.3) is 0 Å². The van der Waals surface area contributed by atoms with Crippen LogP contribution in [0.4, 0.5) is 13.2 Å². The maximum Gasteiger partial charge on any atom is 0.266 e. The van der Waals surface area contributed by atoms with Gasteiger partial charge in [-0.1, -0.05) is 13.8 Å². The Hall–Kier alpha value is -0.510. The number of rotatable bonds is 3. The van der Waals surface area contributed by atoms with Gasteiger partial charge in [-0.2, -0.15) is 0 Å².